The van der Waals surface area contributed by atoms with Crippen molar-refractivity contribution >= 4 is 22.8 Å². The summed E-state index contributed by atoms with van der Waals surface area (Å²) in [5.41, 5.74) is 1.85. The second-order valence-electron chi connectivity index (χ2n) is 12.8. The minimum Gasteiger partial charge on any atom is -0.490 e. The number of ketones is 1. The second kappa shape index (κ2) is 12.6. The first-order valence-electron chi connectivity index (χ1n) is 14.7. The van der Waals surface area contributed by atoms with Crippen LogP contribution in [0.2, 0.25) is 0 Å². The van der Waals surface area contributed by atoms with E-state index in [1.54, 1.807) is 23.9 Å². The summed E-state index contributed by atoms with van der Waals surface area (Å²) in [7, 11) is 3.57. The summed E-state index contributed by atoms with van der Waals surface area (Å²) in [6, 6.07) is 8.49. The van der Waals surface area contributed by atoms with Crippen molar-refractivity contribution in [3.8, 4) is 11.8 Å². The molecule has 2 aromatic rings. The molecule has 0 aliphatic carbocycles. The van der Waals surface area contributed by atoms with E-state index in [1.807, 2.05) is 39.0 Å². The Bertz CT molecular complexity index is 1310. The van der Waals surface area contributed by atoms with Crippen molar-refractivity contribution in [3.05, 3.63) is 41.2 Å². The van der Waals surface area contributed by atoms with Crippen LogP contribution in [0.25, 0.3) is 10.9 Å². The van der Waals surface area contributed by atoms with Gasteiger partial charge in [-0.05, 0) is 90.0 Å². The number of Topliss-reactive ketones (excluding diaryl/α,β-unsaturated/α-hetero) is 1. The van der Waals surface area contributed by atoms with Crippen LogP contribution in [-0.2, 0) is 4.74 Å². The number of piperidine rings is 2. The molecule has 2 fully saturated rings. The first-order chi connectivity index (χ1) is 19.3. The number of likely N-dealkylation sites (tertiary alicyclic amines) is 2. The Morgan fingerprint density at radius 2 is 1.73 bits per heavy atom. The number of nitrogens with one attached hydrogen (secondary N) is 1. The fourth-order valence-electron chi connectivity index (χ4n) is 5.65. The quantitative estimate of drug-likeness (QED) is 0.262. The molecule has 222 valence electrons. The van der Waals surface area contributed by atoms with E-state index in [0.717, 1.165) is 61.0 Å². The monoisotopic (exact) mass is 563 g/mol. The molecule has 2 aliphatic heterocycles. The number of aromatic nitrogens is 1. The molecular weight excluding hydrogens is 518 g/mol. The third kappa shape index (κ3) is 7.62. The highest BCUT2D eigenvalue weighted by Crippen LogP contribution is 2.39. The number of aromatic amines is 1. The maximum absolute atomic E-state index is 13.1. The number of carbonyl (C=O) groups is 2. The molecular formula is C32H45N5O4. The number of ether oxygens (including phenoxy) is 2. The summed E-state index contributed by atoms with van der Waals surface area (Å²) in [6.45, 7) is 13.3. The lowest BCUT2D eigenvalue weighted by Crippen LogP contribution is -2.42. The molecule has 1 amide bonds. The molecule has 0 spiro atoms. The number of fused-ring (bicyclic) bond motifs is 1. The van der Waals surface area contributed by atoms with Gasteiger partial charge in [-0.15, -0.1) is 0 Å². The predicted octanol–water partition coefficient (Wildman–Crippen LogP) is 5.69. The maximum atomic E-state index is 13.1. The summed E-state index contributed by atoms with van der Waals surface area (Å²) < 4.78 is 12.3. The van der Waals surface area contributed by atoms with Crippen LogP contribution in [0.4, 0.5) is 4.79 Å². The highest BCUT2D eigenvalue weighted by Gasteiger charge is 2.30. The van der Waals surface area contributed by atoms with Crippen molar-refractivity contribution in [2.24, 2.45) is 0 Å². The molecule has 1 N–H and O–H groups in total. The molecule has 1 aromatic carbocycles. The fraction of sp³-hybridized carbons (Fsp3) is 0.594. The lowest BCUT2D eigenvalue weighted by molar-refractivity contribution is 0.0204. The van der Waals surface area contributed by atoms with Crippen molar-refractivity contribution in [2.45, 2.75) is 84.0 Å². The van der Waals surface area contributed by atoms with Gasteiger partial charge in [-0.25, -0.2) is 4.79 Å². The standard InChI is InChI=1S/C32H45N5O4/c1-21(2)36-14-10-25(11-15-36)40-29-17-23-16-28(30(38)24(19-33)20-35(6)7)34-27(23)18-26(29)22-8-12-37(13-9-22)31(39)41-32(3,4)5/h16-18,20-22,25,34H,8-15H2,1-7H3/b24-20+. The first-order valence-corrected chi connectivity index (χ1v) is 14.7. The lowest BCUT2D eigenvalue weighted by Gasteiger charge is -2.36. The largest absolute Gasteiger partial charge is 0.490 e. The Labute approximate surface area is 244 Å². The van der Waals surface area contributed by atoms with Crippen molar-refractivity contribution in [3.63, 3.8) is 0 Å². The zero-order valence-corrected chi connectivity index (χ0v) is 25.6. The summed E-state index contributed by atoms with van der Waals surface area (Å²) in [5, 5.41) is 10.4. The highest BCUT2D eigenvalue weighted by atomic mass is 16.6. The number of H-pyrrole nitrogens is 1. The SMILES string of the molecule is CC(C)N1CCC(Oc2cc3cc(C(=O)/C(C#N)=C/N(C)C)[nH]c3cc2C2CCN(C(=O)OC(C)(C)C)CC2)CC1. The van der Waals surface area contributed by atoms with Crippen LogP contribution in [-0.4, -0.2) is 89.6 Å². The van der Waals surface area contributed by atoms with Crippen molar-refractivity contribution in [1.29, 1.82) is 5.26 Å². The van der Waals surface area contributed by atoms with Crippen LogP contribution in [0.5, 0.6) is 5.75 Å². The van der Waals surface area contributed by atoms with E-state index in [9.17, 15) is 14.9 Å². The van der Waals surface area contributed by atoms with E-state index in [4.69, 9.17) is 9.47 Å². The van der Waals surface area contributed by atoms with Gasteiger partial charge in [-0.3, -0.25) is 4.79 Å². The Balaban J connectivity index is 1.61. The number of amides is 1. The average Bonchev–Trinajstić information content (AvgIpc) is 3.33. The molecule has 0 atom stereocenters. The number of allylic oxidation sites excluding steroid dienone is 1. The normalized spacial score (nSPS) is 18.0. The van der Waals surface area contributed by atoms with Crippen LogP contribution in [0.15, 0.2) is 30.0 Å². The number of hydrogen-bond acceptors (Lipinski definition) is 7. The van der Waals surface area contributed by atoms with Crippen molar-refractivity contribution in [1.82, 2.24) is 19.7 Å². The van der Waals surface area contributed by atoms with E-state index >= 15 is 0 Å². The van der Waals surface area contributed by atoms with E-state index in [-0.39, 0.29) is 29.5 Å². The average molecular weight is 564 g/mol. The van der Waals surface area contributed by atoms with Gasteiger partial charge in [0, 0.05) is 63.4 Å². The molecule has 2 saturated heterocycles. The molecule has 4 rings (SSSR count). The van der Waals surface area contributed by atoms with Crippen LogP contribution < -0.4 is 4.74 Å². The van der Waals surface area contributed by atoms with Gasteiger partial charge in [-0.2, -0.15) is 5.26 Å². The zero-order valence-electron chi connectivity index (χ0n) is 25.6. The minimum atomic E-state index is -0.527. The maximum Gasteiger partial charge on any atom is 0.410 e. The Morgan fingerprint density at radius 1 is 1.07 bits per heavy atom. The highest BCUT2D eigenvalue weighted by molar-refractivity contribution is 6.12. The predicted molar refractivity (Wildman–Crippen MR) is 160 cm³/mol. The molecule has 0 unspecified atom stereocenters. The Kier molecular flexibility index (Phi) is 9.33. The van der Waals surface area contributed by atoms with Crippen molar-refractivity contribution < 1.29 is 19.1 Å². The van der Waals surface area contributed by atoms with Crippen LogP contribution in [0.1, 0.15) is 82.3 Å². The summed E-state index contributed by atoms with van der Waals surface area (Å²) in [4.78, 5) is 35.0. The number of benzene rings is 1. The number of hydrogen-bond donors (Lipinski definition) is 1. The van der Waals surface area contributed by atoms with Gasteiger partial charge in [0.05, 0.1) is 5.69 Å². The Morgan fingerprint density at radius 3 is 2.29 bits per heavy atom. The summed E-state index contributed by atoms with van der Waals surface area (Å²) in [6.07, 6.45) is 4.90. The van der Waals surface area contributed by atoms with Gasteiger partial charge in [0.15, 0.2) is 0 Å². The first kappa shape index (κ1) is 30.4. The topological polar surface area (TPSA) is 102 Å². The molecule has 9 nitrogen and oxygen atoms in total. The molecule has 0 radical (unpaired) electrons. The lowest BCUT2D eigenvalue weighted by atomic mass is 9.88. The smallest absolute Gasteiger partial charge is 0.410 e. The second-order valence-corrected chi connectivity index (χ2v) is 12.8. The van der Waals surface area contributed by atoms with Gasteiger partial charge in [-0.1, -0.05) is 0 Å². The number of nitrogens with zero attached hydrogens (tertiary/aromatic N) is 4. The van der Waals surface area contributed by atoms with Crippen LogP contribution >= 0.6 is 0 Å². The van der Waals surface area contributed by atoms with Gasteiger partial charge in [0.1, 0.15) is 29.1 Å². The zero-order chi connectivity index (χ0) is 29.9. The molecule has 1 aromatic heterocycles. The van der Waals surface area contributed by atoms with Crippen LogP contribution in [0.3, 0.4) is 0 Å². The minimum absolute atomic E-state index is 0.0738. The fourth-order valence-corrected chi connectivity index (χ4v) is 5.65. The third-order valence-corrected chi connectivity index (χ3v) is 7.84. The number of nitriles is 1. The molecule has 0 bridgehead atoms. The Hall–Kier alpha value is -3.51. The molecule has 41 heavy (non-hydrogen) atoms. The van der Waals surface area contributed by atoms with E-state index in [2.05, 4.69) is 29.8 Å². The number of rotatable bonds is 7. The van der Waals surface area contributed by atoms with E-state index < -0.39 is 5.60 Å². The number of carbonyl (C=O) groups excluding carboxylic acids is 2. The summed E-state index contributed by atoms with van der Waals surface area (Å²) in [5.74, 6) is 0.710. The molecule has 3 heterocycles. The van der Waals surface area contributed by atoms with Gasteiger partial charge in [0.25, 0.3) is 0 Å². The van der Waals surface area contributed by atoms with E-state index in [1.165, 1.54) is 6.20 Å². The molecule has 9 heteroatoms. The van der Waals surface area contributed by atoms with Crippen molar-refractivity contribution in [2.75, 3.05) is 40.3 Å². The van der Waals surface area contributed by atoms with Gasteiger partial charge < -0.3 is 29.2 Å². The summed E-state index contributed by atoms with van der Waals surface area (Å²) >= 11 is 0. The van der Waals surface area contributed by atoms with Gasteiger partial charge >= 0.3 is 6.09 Å². The van der Waals surface area contributed by atoms with E-state index in [0.29, 0.717) is 24.8 Å². The molecule has 0 saturated carbocycles. The van der Waals surface area contributed by atoms with Gasteiger partial charge in [0.2, 0.25) is 5.78 Å². The van der Waals surface area contributed by atoms with Crippen LogP contribution in [0, 0.1) is 11.3 Å². The molecule has 2 aliphatic rings. The third-order valence-electron chi connectivity index (χ3n) is 7.84.